The van der Waals surface area contributed by atoms with Gasteiger partial charge < -0.3 is 19.6 Å². The predicted molar refractivity (Wildman–Crippen MR) is 318 cm³/mol. The van der Waals surface area contributed by atoms with Crippen molar-refractivity contribution in [1.82, 2.24) is 0 Å². The van der Waals surface area contributed by atoms with Gasteiger partial charge in [0, 0.05) is 12.7 Å². The number of allylic oxidation sites excluding steroid dienone is 6. The van der Waals surface area contributed by atoms with E-state index in [1.54, 1.807) is 36.4 Å². The molecule has 10 heteroatoms. The zero-order valence-corrected chi connectivity index (χ0v) is 44.0. The summed E-state index contributed by atoms with van der Waals surface area (Å²) in [4.78, 5) is 6.93. The number of anilines is 11. The Balaban J connectivity index is 1.18. The quantitative estimate of drug-likeness (QED) is 0.100. The molecule has 80 heavy (non-hydrogen) atoms. The van der Waals surface area contributed by atoms with Crippen LogP contribution in [0.25, 0.3) is 44.5 Å². The molecule has 0 radical (unpaired) electrons. The molecule has 3 aliphatic rings. The SMILES string of the molecule is C=CC=C(C)c1ccc2c(c1)N(C)c1cc(C(=C)C=CC)ccc1N2c1c(C#N)c(C#N)c(N2c3ccc(-c4ccccc4)cc3N(c3ccc(-c4ccccc4)cc3)c3cc(-c4ccccc4)ccc32)c2c1C(F)(F)CC2(F)F. The summed E-state index contributed by atoms with van der Waals surface area (Å²) in [6, 6.07) is 63.8. The van der Waals surface area contributed by atoms with Crippen LogP contribution in [0.5, 0.6) is 0 Å². The average Bonchev–Trinajstić information content (AvgIpc) is 2.30. The highest BCUT2D eigenvalue weighted by Crippen LogP contribution is 2.67. The number of alkyl halides is 4. The Labute approximate surface area is 462 Å². The second-order valence-corrected chi connectivity index (χ2v) is 20.1. The summed E-state index contributed by atoms with van der Waals surface area (Å²) < 4.78 is 71.5. The Bertz CT molecular complexity index is 4060. The van der Waals surface area contributed by atoms with E-state index in [0.717, 1.165) is 55.8 Å². The van der Waals surface area contributed by atoms with Crippen molar-refractivity contribution in [2.75, 3.05) is 26.6 Å². The van der Waals surface area contributed by atoms with Crippen molar-refractivity contribution in [1.29, 1.82) is 10.5 Å². The number of halogens is 4. The third-order valence-electron chi connectivity index (χ3n) is 15.4. The Morgan fingerprint density at radius 3 is 1.35 bits per heavy atom. The fraction of sp³-hybridized carbons (Fsp3) is 0.0857. The number of benzene rings is 9. The summed E-state index contributed by atoms with van der Waals surface area (Å²) in [7, 11) is 1.84. The minimum absolute atomic E-state index is 0.317. The Hall–Kier alpha value is -10.2. The highest BCUT2D eigenvalue weighted by atomic mass is 19.3. The first-order valence-electron chi connectivity index (χ1n) is 26.2. The van der Waals surface area contributed by atoms with E-state index in [0.29, 0.717) is 51.1 Å². The normalized spacial score (nSPS) is 14.6. The van der Waals surface area contributed by atoms with E-state index in [9.17, 15) is 10.5 Å². The van der Waals surface area contributed by atoms with Crippen molar-refractivity contribution < 1.29 is 17.6 Å². The Morgan fingerprint density at radius 1 is 0.500 bits per heavy atom. The molecule has 388 valence electrons. The summed E-state index contributed by atoms with van der Waals surface area (Å²) in [6.07, 6.45) is 5.32. The van der Waals surface area contributed by atoms with Crippen LogP contribution in [0.4, 0.5) is 80.1 Å². The van der Waals surface area contributed by atoms with Crippen LogP contribution in [0.1, 0.15) is 53.6 Å². The second kappa shape index (κ2) is 19.7. The van der Waals surface area contributed by atoms with Crippen LogP contribution in [-0.2, 0) is 11.8 Å². The lowest BCUT2D eigenvalue weighted by atomic mass is 9.89. The molecular weight excluding hydrogens is 1000 g/mol. The van der Waals surface area contributed by atoms with Crippen molar-refractivity contribution in [3.8, 4) is 45.5 Å². The van der Waals surface area contributed by atoms with Crippen LogP contribution in [0.2, 0.25) is 0 Å². The first-order valence-corrected chi connectivity index (χ1v) is 26.2. The van der Waals surface area contributed by atoms with Crippen LogP contribution >= 0.6 is 0 Å². The lowest BCUT2D eigenvalue weighted by Crippen LogP contribution is -2.29. The lowest BCUT2D eigenvalue weighted by molar-refractivity contribution is -0.0920. The Kier molecular flexibility index (Phi) is 12.5. The second-order valence-electron chi connectivity index (χ2n) is 20.1. The largest absolute Gasteiger partial charge is 0.341 e. The van der Waals surface area contributed by atoms with Crippen molar-refractivity contribution in [2.45, 2.75) is 32.1 Å². The van der Waals surface area contributed by atoms with E-state index < -0.39 is 51.9 Å². The predicted octanol–water partition coefficient (Wildman–Crippen LogP) is 20.0. The molecule has 12 rings (SSSR count). The van der Waals surface area contributed by atoms with Crippen molar-refractivity contribution >= 4 is 73.7 Å². The molecule has 0 bridgehead atoms. The zero-order chi connectivity index (χ0) is 55.6. The first kappa shape index (κ1) is 50.6. The maximum absolute atomic E-state index is 17.9. The molecule has 9 aromatic rings. The molecule has 0 fully saturated rings. The van der Waals surface area contributed by atoms with Crippen LogP contribution in [-0.4, -0.2) is 7.05 Å². The minimum Gasteiger partial charge on any atom is -0.341 e. The highest BCUT2D eigenvalue weighted by Gasteiger charge is 2.61. The maximum Gasteiger partial charge on any atom is 0.281 e. The van der Waals surface area contributed by atoms with Crippen molar-refractivity contribution in [3.63, 3.8) is 0 Å². The third-order valence-corrected chi connectivity index (χ3v) is 15.4. The van der Waals surface area contributed by atoms with Crippen molar-refractivity contribution in [2.24, 2.45) is 0 Å². The van der Waals surface area contributed by atoms with E-state index in [4.69, 9.17) is 0 Å². The van der Waals surface area contributed by atoms with E-state index in [2.05, 4.69) is 25.3 Å². The molecule has 9 aromatic carbocycles. The number of rotatable bonds is 10. The highest BCUT2D eigenvalue weighted by molar-refractivity contribution is 6.08. The summed E-state index contributed by atoms with van der Waals surface area (Å²) in [5, 5.41) is 23.4. The average molecular weight is 1050 g/mol. The number of fused-ring (bicyclic) bond motifs is 5. The summed E-state index contributed by atoms with van der Waals surface area (Å²) in [5.41, 5.74) is 8.41. The maximum atomic E-state index is 17.9. The van der Waals surface area contributed by atoms with Gasteiger partial charge in [-0.15, -0.1) is 0 Å². The topological polar surface area (TPSA) is 60.5 Å². The summed E-state index contributed by atoms with van der Waals surface area (Å²) in [5.74, 6) is -8.46. The molecule has 2 heterocycles. The van der Waals surface area contributed by atoms with Gasteiger partial charge >= 0.3 is 0 Å². The molecule has 1 aliphatic carbocycles. The molecular formula is C70H50F4N6. The fourth-order valence-electron chi connectivity index (χ4n) is 11.7. The van der Waals surface area contributed by atoms with Crippen LogP contribution in [0.15, 0.2) is 226 Å². The van der Waals surface area contributed by atoms with Gasteiger partial charge in [0.05, 0.1) is 85.5 Å². The van der Waals surface area contributed by atoms with Gasteiger partial charge in [0.1, 0.15) is 12.1 Å². The van der Waals surface area contributed by atoms with E-state index >= 15 is 17.6 Å². The molecule has 0 aromatic heterocycles. The van der Waals surface area contributed by atoms with Gasteiger partial charge in [-0.2, -0.15) is 10.5 Å². The zero-order valence-electron chi connectivity index (χ0n) is 44.0. The smallest absolute Gasteiger partial charge is 0.281 e. The standard InChI is InChI=1S/C70H50F4N6/c1-6-17-44(3)50-27-33-57-61(37-50)77(5)62-38-51(45(4)18-7-2)28-34-58(62)79(57)67-55(41-75)56(42-76)68(66-65(67)69(71,72)43-70(66,73)74)80-59-35-29-52(47-21-13-9-14-22-47)39-63(59)78(54-31-25-49(26-32-54)46-19-11-8-12-20-46)64-40-53(30-36-60(64)80)48-23-15-10-16-24-48/h6-40H,1,4,43H2,2-3,5H3. The van der Waals surface area contributed by atoms with E-state index in [-0.39, 0.29) is 0 Å². The van der Waals surface area contributed by atoms with Crippen LogP contribution in [0.3, 0.4) is 0 Å². The van der Waals surface area contributed by atoms with Gasteiger partial charge in [0.25, 0.3) is 11.8 Å². The number of hydrogen-bond acceptors (Lipinski definition) is 6. The third kappa shape index (κ3) is 8.24. The molecule has 0 saturated carbocycles. The van der Waals surface area contributed by atoms with Gasteiger partial charge in [0.2, 0.25) is 0 Å². The van der Waals surface area contributed by atoms with Gasteiger partial charge in [-0.3, -0.25) is 0 Å². The molecule has 0 saturated heterocycles. The van der Waals surface area contributed by atoms with E-state index in [1.165, 1.54) is 9.80 Å². The number of nitriles is 2. The Morgan fingerprint density at radius 2 is 0.900 bits per heavy atom. The molecule has 0 amide bonds. The molecule has 0 unspecified atom stereocenters. The van der Waals surface area contributed by atoms with Crippen LogP contribution in [0, 0.1) is 22.7 Å². The molecule has 0 atom stereocenters. The summed E-state index contributed by atoms with van der Waals surface area (Å²) in [6.45, 7) is 11.9. The molecule has 0 N–H and O–H groups in total. The number of nitrogens with zero attached hydrogens (tertiary/aromatic N) is 6. The van der Waals surface area contributed by atoms with Crippen LogP contribution < -0.4 is 19.6 Å². The van der Waals surface area contributed by atoms with Gasteiger partial charge in [-0.25, -0.2) is 17.6 Å². The van der Waals surface area contributed by atoms with Crippen molar-refractivity contribution in [3.05, 3.63) is 259 Å². The monoisotopic (exact) mass is 1050 g/mol. The molecule has 6 nitrogen and oxygen atoms in total. The van der Waals surface area contributed by atoms with Gasteiger partial charge in [0.15, 0.2) is 0 Å². The number of hydrogen-bond donors (Lipinski definition) is 0. The van der Waals surface area contributed by atoms with E-state index in [1.807, 2.05) is 207 Å². The molecule has 0 spiro atoms. The first-order chi connectivity index (χ1) is 38.8. The van der Waals surface area contributed by atoms with Gasteiger partial charge in [-0.05, 0) is 130 Å². The molecule has 2 aliphatic heterocycles. The van der Waals surface area contributed by atoms with Gasteiger partial charge in [-0.1, -0.05) is 165 Å². The fourth-order valence-corrected chi connectivity index (χ4v) is 11.7. The minimum atomic E-state index is -4.23. The summed E-state index contributed by atoms with van der Waals surface area (Å²) >= 11 is 0. The lowest BCUT2D eigenvalue weighted by Gasteiger charge is -2.43.